The van der Waals surface area contributed by atoms with E-state index in [1.807, 2.05) is 6.07 Å². The van der Waals surface area contributed by atoms with Gasteiger partial charge in [-0.05, 0) is 44.4 Å². The molecule has 126 valence electrons. The Morgan fingerprint density at radius 3 is 2.64 bits per heavy atom. The van der Waals surface area contributed by atoms with Gasteiger partial charge in [-0.2, -0.15) is 0 Å². The van der Waals surface area contributed by atoms with Crippen LogP contribution in [0.5, 0.6) is 0 Å². The fourth-order valence-corrected chi connectivity index (χ4v) is 2.92. The molecule has 5 nitrogen and oxygen atoms in total. The highest BCUT2D eigenvalue weighted by atomic mass is 127. The average Bonchev–Trinajstić information content (AvgIpc) is 2.99. The van der Waals surface area contributed by atoms with E-state index in [0.29, 0.717) is 12.6 Å². The first kappa shape index (κ1) is 19.3. The predicted molar refractivity (Wildman–Crippen MR) is 100 cm³/mol. The fourth-order valence-electron chi connectivity index (χ4n) is 2.92. The molecule has 1 aromatic rings. The second kappa shape index (κ2) is 10.1. The molecule has 1 aromatic heterocycles. The molecule has 0 spiro atoms. The molecule has 0 saturated heterocycles. The lowest BCUT2D eigenvalue weighted by Crippen LogP contribution is -2.45. The topological polar surface area (TPSA) is 62.5 Å². The van der Waals surface area contributed by atoms with Crippen LogP contribution in [0.4, 0.5) is 0 Å². The third-order valence-corrected chi connectivity index (χ3v) is 4.29. The van der Waals surface area contributed by atoms with Crippen LogP contribution < -0.4 is 10.6 Å². The van der Waals surface area contributed by atoms with Crippen LogP contribution >= 0.6 is 24.0 Å². The molecule has 1 heterocycles. The van der Waals surface area contributed by atoms with E-state index < -0.39 is 0 Å². The predicted octanol–water partition coefficient (Wildman–Crippen LogP) is 3.56. The second-order valence-electron chi connectivity index (χ2n) is 6.19. The Kier molecular flexibility index (Phi) is 8.82. The highest BCUT2D eigenvalue weighted by molar-refractivity contribution is 14.0. The minimum atomic E-state index is 0. The lowest BCUT2D eigenvalue weighted by molar-refractivity contribution is 0.250. The molecular weight excluding hydrogens is 391 g/mol. The molecular formula is C16H29IN4O. The average molecular weight is 420 g/mol. The van der Waals surface area contributed by atoms with E-state index in [4.69, 9.17) is 4.52 Å². The summed E-state index contributed by atoms with van der Waals surface area (Å²) < 4.78 is 4.83. The molecule has 0 amide bonds. The number of hydrogen-bond donors (Lipinski definition) is 2. The minimum Gasteiger partial charge on any atom is -0.364 e. The van der Waals surface area contributed by atoms with Crippen molar-refractivity contribution in [3.63, 3.8) is 0 Å². The van der Waals surface area contributed by atoms with Gasteiger partial charge in [-0.3, -0.25) is 0 Å². The number of nitrogens with one attached hydrogen (secondary N) is 2. The Balaban J connectivity index is 0.00000242. The Morgan fingerprint density at radius 2 is 2.09 bits per heavy atom. The molecule has 1 saturated carbocycles. The smallest absolute Gasteiger partial charge is 0.191 e. The molecule has 1 fully saturated rings. The van der Waals surface area contributed by atoms with Gasteiger partial charge in [0.05, 0.1) is 6.54 Å². The maximum atomic E-state index is 4.83. The minimum absolute atomic E-state index is 0. The summed E-state index contributed by atoms with van der Waals surface area (Å²) in [6, 6.07) is 2.39. The number of guanidine groups is 1. The van der Waals surface area contributed by atoms with Crippen LogP contribution in [-0.4, -0.2) is 23.7 Å². The number of rotatable bonds is 5. The zero-order chi connectivity index (χ0) is 15.1. The maximum absolute atomic E-state index is 4.83. The van der Waals surface area contributed by atoms with E-state index in [2.05, 4.69) is 41.6 Å². The fraction of sp³-hybridized carbons (Fsp3) is 0.750. The lowest BCUT2D eigenvalue weighted by atomic mass is 9.80. The van der Waals surface area contributed by atoms with Crippen molar-refractivity contribution in [2.45, 2.75) is 59.0 Å². The molecule has 0 aromatic carbocycles. The first-order chi connectivity index (χ1) is 10.2. The van der Waals surface area contributed by atoms with Crippen LogP contribution in [0.1, 0.15) is 52.1 Å². The van der Waals surface area contributed by atoms with Gasteiger partial charge in [0.2, 0.25) is 0 Å². The Hall–Kier alpha value is -0.790. The molecule has 0 unspecified atom stereocenters. The number of hydrogen-bond acceptors (Lipinski definition) is 3. The highest BCUT2D eigenvalue weighted by Gasteiger charge is 2.23. The van der Waals surface area contributed by atoms with Crippen molar-refractivity contribution in [2.24, 2.45) is 16.8 Å². The van der Waals surface area contributed by atoms with E-state index in [9.17, 15) is 0 Å². The standard InChI is InChI=1S/C16H28N4O.HI/c1-4-17-16(18-11-15-9-10-21-20-15)19-14-7-5-13(6-8-14)12(2)3;/h9-10,12-14H,4-8,11H2,1-3H3,(H2,17,18,19);1H. The van der Waals surface area contributed by atoms with Crippen molar-refractivity contribution in [1.29, 1.82) is 0 Å². The maximum Gasteiger partial charge on any atom is 0.191 e. The summed E-state index contributed by atoms with van der Waals surface area (Å²) in [5.74, 6) is 2.58. The number of halogens is 1. The van der Waals surface area contributed by atoms with Crippen molar-refractivity contribution in [1.82, 2.24) is 15.8 Å². The van der Waals surface area contributed by atoms with Crippen molar-refractivity contribution < 1.29 is 4.52 Å². The van der Waals surface area contributed by atoms with E-state index in [1.165, 1.54) is 25.7 Å². The van der Waals surface area contributed by atoms with Crippen molar-refractivity contribution in [3.8, 4) is 0 Å². The number of aromatic nitrogens is 1. The molecule has 2 N–H and O–H groups in total. The van der Waals surface area contributed by atoms with Crippen LogP contribution in [0.15, 0.2) is 21.8 Å². The number of aliphatic imine (C=N–C) groups is 1. The van der Waals surface area contributed by atoms with Crippen LogP contribution in [0, 0.1) is 11.8 Å². The lowest BCUT2D eigenvalue weighted by Gasteiger charge is -2.32. The summed E-state index contributed by atoms with van der Waals surface area (Å²) in [5, 5.41) is 10.8. The normalized spacial score (nSPS) is 22.3. The van der Waals surface area contributed by atoms with Gasteiger partial charge in [-0.25, -0.2) is 4.99 Å². The van der Waals surface area contributed by atoms with Crippen LogP contribution in [0.25, 0.3) is 0 Å². The summed E-state index contributed by atoms with van der Waals surface area (Å²) in [5.41, 5.74) is 0.857. The van der Waals surface area contributed by atoms with Gasteiger partial charge in [0, 0.05) is 18.7 Å². The van der Waals surface area contributed by atoms with Gasteiger partial charge in [0.25, 0.3) is 0 Å². The van der Waals surface area contributed by atoms with E-state index in [1.54, 1.807) is 6.26 Å². The summed E-state index contributed by atoms with van der Waals surface area (Å²) in [6.45, 7) is 8.17. The van der Waals surface area contributed by atoms with Gasteiger partial charge < -0.3 is 15.2 Å². The third kappa shape index (κ3) is 6.14. The van der Waals surface area contributed by atoms with Gasteiger partial charge in [-0.1, -0.05) is 19.0 Å². The molecule has 22 heavy (non-hydrogen) atoms. The summed E-state index contributed by atoms with van der Waals surface area (Å²) in [7, 11) is 0. The zero-order valence-electron chi connectivity index (χ0n) is 13.8. The van der Waals surface area contributed by atoms with Crippen LogP contribution in [0.2, 0.25) is 0 Å². The third-order valence-electron chi connectivity index (χ3n) is 4.29. The molecule has 1 aliphatic rings. The quantitative estimate of drug-likeness (QED) is 0.435. The first-order valence-corrected chi connectivity index (χ1v) is 8.13. The van der Waals surface area contributed by atoms with Crippen molar-refractivity contribution >= 4 is 29.9 Å². The van der Waals surface area contributed by atoms with Gasteiger partial charge in [0.1, 0.15) is 12.0 Å². The molecule has 6 heteroatoms. The summed E-state index contributed by atoms with van der Waals surface area (Å²) in [6.07, 6.45) is 6.68. The Morgan fingerprint density at radius 1 is 1.36 bits per heavy atom. The van der Waals surface area contributed by atoms with Crippen molar-refractivity contribution in [2.75, 3.05) is 6.54 Å². The largest absolute Gasteiger partial charge is 0.364 e. The highest BCUT2D eigenvalue weighted by Crippen LogP contribution is 2.29. The SMILES string of the molecule is CCNC(=NCc1ccon1)NC1CCC(C(C)C)CC1.I. The van der Waals surface area contributed by atoms with Crippen molar-refractivity contribution in [3.05, 3.63) is 18.0 Å². The molecule has 2 rings (SSSR count). The zero-order valence-corrected chi connectivity index (χ0v) is 16.2. The Bertz CT molecular complexity index is 425. The summed E-state index contributed by atoms with van der Waals surface area (Å²) >= 11 is 0. The first-order valence-electron chi connectivity index (χ1n) is 8.13. The van der Waals surface area contributed by atoms with E-state index >= 15 is 0 Å². The van der Waals surface area contributed by atoms with Gasteiger partial charge in [0.15, 0.2) is 5.96 Å². The molecule has 0 aliphatic heterocycles. The monoisotopic (exact) mass is 420 g/mol. The van der Waals surface area contributed by atoms with Crippen LogP contribution in [0.3, 0.4) is 0 Å². The van der Waals surface area contributed by atoms with Crippen LogP contribution in [-0.2, 0) is 6.54 Å². The Labute approximate surface area is 150 Å². The molecule has 1 aliphatic carbocycles. The molecule has 0 bridgehead atoms. The van der Waals surface area contributed by atoms with Gasteiger partial charge in [-0.15, -0.1) is 24.0 Å². The van der Waals surface area contributed by atoms with E-state index in [0.717, 1.165) is 30.0 Å². The number of nitrogens with zero attached hydrogens (tertiary/aromatic N) is 2. The molecule has 0 radical (unpaired) electrons. The summed E-state index contributed by atoms with van der Waals surface area (Å²) in [4.78, 5) is 4.58. The van der Waals surface area contributed by atoms with E-state index in [-0.39, 0.29) is 24.0 Å². The second-order valence-corrected chi connectivity index (χ2v) is 6.19. The molecule has 0 atom stereocenters. The van der Waals surface area contributed by atoms with Gasteiger partial charge >= 0.3 is 0 Å².